The van der Waals surface area contributed by atoms with Crippen molar-refractivity contribution in [3.8, 4) is 11.5 Å². The van der Waals surface area contributed by atoms with Crippen molar-refractivity contribution >= 4 is 11.9 Å². The first-order valence-electron chi connectivity index (χ1n) is 10.8. The van der Waals surface area contributed by atoms with Crippen molar-refractivity contribution in [3.05, 3.63) is 23.8 Å². The summed E-state index contributed by atoms with van der Waals surface area (Å²) in [7, 11) is 0. The molecule has 0 heterocycles. The minimum atomic E-state index is -0.344. The van der Waals surface area contributed by atoms with Gasteiger partial charge in [0.2, 0.25) is 0 Å². The van der Waals surface area contributed by atoms with E-state index < -0.39 is 0 Å². The number of unbranched alkanes of at least 4 members (excludes halogenated alkanes) is 8. The molecule has 0 atom stereocenters. The Hall–Kier alpha value is -1.88. The number of aliphatic hydroxyl groups is 1. The first-order valence-corrected chi connectivity index (χ1v) is 10.8. The monoisotopic (exact) mass is 392 g/mol. The third-order valence-electron chi connectivity index (χ3n) is 4.61. The molecule has 0 aliphatic rings. The molecule has 0 aliphatic heterocycles. The van der Waals surface area contributed by atoms with Gasteiger partial charge >= 0.3 is 11.9 Å². The molecule has 0 aromatic heterocycles. The van der Waals surface area contributed by atoms with Gasteiger partial charge in [-0.25, -0.2) is 0 Å². The van der Waals surface area contributed by atoms with E-state index in [0.717, 1.165) is 51.4 Å². The van der Waals surface area contributed by atoms with E-state index in [2.05, 4.69) is 13.8 Å². The summed E-state index contributed by atoms with van der Waals surface area (Å²) in [6, 6.07) is 4.79. The van der Waals surface area contributed by atoms with Gasteiger partial charge in [0.25, 0.3) is 0 Å². The van der Waals surface area contributed by atoms with E-state index in [1.807, 2.05) is 0 Å². The van der Waals surface area contributed by atoms with E-state index in [-0.39, 0.29) is 30.0 Å². The maximum absolute atomic E-state index is 12.1. The SMILES string of the molecule is CCCCCCCC(=O)Oc1ccc(CO)cc1OC(=O)CCCCCCC. The number of rotatable bonds is 15. The third-order valence-corrected chi connectivity index (χ3v) is 4.61. The molecule has 1 rings (SSSR count). The van der Waals surface area contributed by atoms with Gasteiger partial charge in [-0.15, -0.1) is 0 Å². The van der Waals surface area contributed by atoms with E-state index in [1.54, 1.807) is 18.2 Å². The van der Waals surface area contributed by atoms with Crippen LogP contribution in [0.2, 0.25) is 0 Å². The Kier molecular flexibility index (Phi) is 13.0. The number of esters is 2. The van der Waals surface area contributed by atoms with Gasteiger partial charge in [0.15, 0.2) is 11.5 Å². The summed E-state index contributed by atoms with van der Waals surface area (Å²) in [5.74, 6) is -0.243. The van der Waals surface area contributed by atoms with Gasteiger partial charge in [-0.2, -0.15) is 0 Å². The predicted molar refractivity (Wildman–Crippen MR) is 110 cm³/mol. The zero-order chi connectivity index (χ0) is 20.6. The van der Waals surface area contributed by atoms with Crippen LogP contribution in [0.4, 0.5) is 0 Å². The van der Waals surface area contributed by atoms with Gasteiger partial charge in [-0.05, 0) is 30.5 Å². The standard InChI is InChI=1S/C23H36O5/c1-3-5-7-9-11-13-22(25)27-20-16-15-19(18-24)17-21(20)28-23(26)14-12-10-8-6-4-2/h15-17,24H,3-14,18H2,1-2H3. The number of aliphatic hydroxyl groups excluding tert-OH is 1. The molecule has 1 N–H and O–H groups in total. The largest absolute Gasteiger partial charge is 0.423 e. The molecule has 0 spiro atoms. The smallest absolute Gasteiger partial charge is 0.311 e. The van der Waals surface area contributed by atoms with Gasteiger partial charge < -0.3 is 14.6 Å². The molecule has 5 nitrogen and oxygen atoms in total. The topological polar surface area (TPSA) is 72.8 Å². The molecule has 0 bridgehead atoms. The Morgan fingerprint density at radius 2 is 1.25 bits per heavy atom. The predicted octanol–water partition coefficient (Wildman–Crippen LogP) is 5.71. The van der Waals surface area contributed by atoms with Crippen molar-refractivity contribution in [2.24, 2.45) is 0 Å². The molecule has 0 radical (unpaired) electrons. The summed E-state index contributed by atoms with van der Waals surface area (Å²) in [6.45, 7) is 4.13. The Morgan fingerprint density at radius 3 is 1.75 bits per heavy atom. The number of carbonyl (C=O) groups is 2. The molecule has 1 aromatic carbocycles. The highest BCUT2D eigenvalue weighted by Crippen LogP contribution is 2.29. The lowest BCUT2D eigenvalue weighted by molar-refractivity contribution is -0.137. The lowest BCUT2D eigenvalue weighted by Gasteiger charge is -2.12. The fraction of sp³-hybridized carbons (Fsp3) is 0.652. The summed E-state index contributed by atoms with van der Waals surface area (Å²) in [5.41, 5.74) is 0.602. The Balaban J connectivity index is 2.56. The minimum absolute atomic E-state index is 0.173. The van der Waals surface area contributed by atoms with Gasteiger partial charge in [0.1, 0.15) is 0 Å². The van der Waals surface area contributed by atoms with Gasteiger partial charge in [-0.1, -0.05) is 71.3 Å². The molecule has 0 fully saturated rings. The average molecular weight is 393 g/mol. The summed E-state index contributed by atoms with van der Waals surface area (Å²) in [4.78, 5) is 24.2. The number of hydrogen-bond donors (Lipinski definition) is 1. The lowest BCUT2D eigenvalue weighted by atomic mass is 10.1. The van der Waals surface area contributed by atoms with Gasteiger partial charge in [-0.3, -0.25) is 9.59 Å². The van der Waals surface area contributed by atoms with Crippen molar-refractivity contribution in [1.29, 1.82) is 0 Å². The lowest BCUT2D eigenvalue weighted by Crippen LogP contribution is -2.12. The van der Waals surface area contributed by atoms with Crippen LogP contribution in [0, 0.1) is 0 Å². The minimum Gasteiger partial charge on any atom is -0.423 e. The summed E-state index contributed by atoms with van der Waals surface area (Å²) in [6.07, 6.45) is 11.2. The highest BCUT2D eigenvalue weighted by Gasteiger charge is 2.14. The first kappa shape index (κ1) is 24.2. The van der Waals surface area contributed by atoms with Crippen LogP contribution in [0.25, 0.3) is 0 Å². The van der Waals surface area contributed by atoms with E-state index in [0.29, 0.717) is 18.4 Å². The molecule has 0 aliphatic carbocycles. The third kappa shape index (κ3) is 10.5. The summed E-state index contributed by atoms with van der Waals surface area (Å²) >= 11 is 0. The molecule has 0 saturated heterocycles. The summed E-state index contributed by atoms with van der Waals surface area (Å²) in [5, 5.41) is 9.33. The van der Waals surface area contributed by atoms with Crippen LogP contribution < -0.4 is 9.47 Å². The van der Waals surface area contributed by atoms with Gasteiger partial charge in [0.05, 0.1) is 6.61 Å². The quantitative estimate of drug-likeness (QED) is 0.235. The van der Waals surface area contributed by atoms with Crippen molar-refractivity contribution in [1.82, 2.24) is 0 Å². The normalized spacial score (nSPS) is 10.7. The van der Waals surface area contributed by atoms with E-state index >= 15 is 0 Å². The van der Waals surface area contributed by atoms with Crippen LogP contribution in [0.5, 0.6) is 11.5 Å². The number of ether oxygens (including phenoxy) is 2. The molecule has 5 heteroatoms. The molecule has 0 unspecified atom stereocenters. The fourth-order valence-corrected chi connectivity index (χ4v) is 2.91. The summed E-state index contributed by atoms with van der Waals surface area (Å²) < 4.78 is 10.8. The zero-order valence-corrected chi connectivity index (χ0v) is 17.5. The number of benzene rings is 1. The van der Waals surface area contributed by atoms with Crippen LogP contribution in [-0.2, 0) is 16.2 Å². The van der Waals surface area contributed by atoms with E-state index in [9.17, 15) is 14.7 Å². The number of carbonyl (C=O) groups excluding carboxylic acids is 2. The van der Waals surface area contributed by atoms with Crippen LogP contribution in [0.3, 0.4) is 0 Å². The van der Waals surface area contributed by atoms with Crippen LogP contribution >= 0.6 is 0 Å². The second-order valence-corrected chi connectivity index (χ2v) is 7.22. The van der Waals surface area contributed by atoms with Crippen LogP contribution in [0.1, 0.15) is 96.5 Å². The molecular weight excluding hydrogens is 356 g/mol. The van der Waals surface area contributed by atoms with Crippen molar-refractivity contribution in [2.45, 2.75) is 97.5 Å². The van der Waals surface area contributed by atoms with Crippen molar-refractivity contribution in [3.63, 3.8) is 0 Å². The second-order valence-electron chi connectivity index (χ2n) is 7.22. The van der Waals surface area contributed by atoms with Crippen molar-refractivity contribution in [2.75, 3.05) is 0 Å². The second kappa shape index (κ2) is 15.1. The highest BCUT2D eigenvalue weighted by atomic mass is 16.6. The van der Waals surface area contributed by atoms with Crippen molar-refractivity contribution < 1.29 is 24.2 Å². The maximum atomic E-state index is 12.1. The number of hydrogen-bond acceptors (Lipinski definition) is 5. The average Bonchev–Trinajstić information content (AvgIpc) is 2.69. The molecule has 1 aromatic rings. The molecule has 28 heavy (non-hydrogen) atoms. The first-order chi connectivity index (χ1) is 13.6. The highest BCUT2D eigenvalue weighted by molar-refractivity contribution is 5.76. The Morgan fingerprint density at radius 1 is 0.750 bits per heavy atom. The fourth-order valence-electron chi connectivity index (χ4n) is 2.91. The van der Waals surface area contributed by atoms with E-state index in [1.165, 1.54) is 12.8 Å². The van der Waals surface area contributed by atoms with Crippen LogP contribution in [0.15, 0.2) is 18.2 Å². The maximum Gasteiger partial charge on any atom is 0.311 e. The Labute approximate surface area is 169 Å². The van der Waals surface area contributed by atoms with Gasteiger partial charge in [0, 0.05) is 12.8 Å². The molecule has 158 valence electrons. The molecular formula is C23H36O5. The molecule has 0 saturated carbocycles. The Bertz CT molecular complexity index is 582. The van der Waals surface area contributed by atoms with Crippen LogP contribution in [-0.4, -0.2) is 17.0 Å². The van der Waals surface area contributed by atoms with E-state index in [4.69, 9.17) is 9.47 Å². The molecule has 0 amide bonds. The zero-order valence-electron chi connectivity index (χ0n) is 17.5.